The number of rotatable bonds is 1. The minimum atomic E-state index is -0.459. The standard InChI is InChI=1S/C13H16FNO2/c1-9-3-4-12(14)11(7-9)13(16)15-5-6-17-10(2)8-15/h3-4,7,10H,5-6,8H2,1-2H3. The Bertz CT molecular complexity index is 433. The van der Waals surface area contributed by atoms with Crippen LogP contribution in [0.25, 0.3) is 0 Å². The van der Waals surface area contributed by atoms with E-state index in [1.54, 1.807) is 17.0 Å². The number of nitrogens with zero attached hydrogens (tertiary/aromatic N) is 1. The fourth-order valence-corrected chi connectivity index (χ4v) is 1.98. The summed E-state index contributed by atoms with van der Waals surface area (Å²) >= 11 is 0. The number of hydrogen-bond acceptors (Lipinski definition) is 2. The molecule has 0 bridgehead atoms. The minimum Gasteiger partial charge on any atom is -0.375 e. The van der Waals surface area contributed by atoms with Crippen molar-refractivity contribution in [3.63, 3.8) is 0 Å². The van der Waals surface area contributed by atoms with E-state index in [-0.39, 0.29) is 17.6 Å². The lowest BCUT2D eigenvalue weighted by Gasteiger charge is -2.31. The quantitative estimate of drug-likeness (QED) is 0.747. The van der Waals surface area contributed by atoms with Crippen molar-refractivity contribution in [2.24, 2.45) is 0 Å². The summed E-state index contributed by atoms with van der Waals surface area (Å²) in [7, 11) is 0. The highest BCUT2D eigenvalue weighted by atomic mass is 19.1. The summed E-state index contributed by atoms with van der Waals surface area (Å²) in [6.07, 6.45) is 0.0144. The first-order valence-corrected chi connectivity index (χ1v) is 5.75. The molecule has 1 aliphatic heterocycles. The Morgan fingerprint density at radius 1 is 1.53 bits per heavy atom. The molecule has 17 heavy (non-hydrogen) atoms. The molecule has 0 radical (unpaired) electrons. The third-order valence-corrected chi connectivity index (χ3v) is 2.88. The first kappa shape index (κ1) is 12.0. The van der Waals surface area contributed by atoms with Crippen LogP contribution in [0.2, 0.25) is 0 Å². The molecule has 1 amide bonds. The molecule has 0 spiro atoms. The van der Waals surface area contributed by atoms with Gasteiger partial charge in [-0.3, -0.25) is 4.79 Å². The van der Waals surface area contributed by atoms with Gasteiger partial charge in [-0.05, 0) is 26.0 Å². The van der Waals surface area contributed by atoms with Gasteiger partial charge in [-0.1, -0.05) is 11.6 Å². The highest BCUT2D eigenvalue weighted by Gasteiger charge is 2.24. The Kier molecular flexibility index (Phi) is 3.43. The summed E-state index contributed by atoms with van der Waals surface area (Å²) in [5.41, 5.74) is 1.04. The number of ether oxygens (including phenoxy) is 1. The van der Waals surface area contributed by atoms with Crippen LogP contribution < -0.4 is 0 Å². The molecule has 3 nitrogen and oxygen atoms in total. The van der Waals surface area contributed by atoms with E-state index in [2.05, 4.69) is 0 Å². The van der Waals surface area contributed by atoms with E-state index < -0.39 is 5.82 Å². The number of morpholine rings is 1. The third-order valence-electron chi connectivity index (χ3n) is 2.88. The van der Waals surface area contributed by atoms with Gasteiger partial charge < -0.3 is 9.64 Å². The summed E-state index contributed by atoms with van der Waals surface area (Å²) in [5.74, 6) is -0.707. The van der Waals surface area contributed by atoms with Crippen molar-refractivity contribution in [2.75, 3.05) is 19.7 Å². The predicted octanol–water partition coefficient (Wildman–Crippen LogP) is 2.00. The van der Waals surface area contributed by atoms with Crippen LogP contribution in [0.5, 0.6) is 0 Å². The normalized spacial score (nSPS) is 20.4. The Morgan fingerprint density at radius 3 is 3.00 bits per heavy atom. The summed E-state index contributed by atoms with van der Waals surface area (Å²) < 4.78 is 19.0. The molecule has 0 N–H and O–H groups in total. The average molecular weight is 237 g/mol. The molecule has 92 valence electrons. The van der Waals surface area contributed by atoms with Crippen molar-refractivity contribution in [2.45, 2.75) is 20.0 Å². The van der Waals surface area contributed by atoms with Gasteiger partial charge in [-0.2, -0.15) is 0 Å². The van der Waals surface area contributed by atoms with E-state index in [0.29, 0.717) is 19.7 Å². The molecule has 1 fully saturated rings. The number of benzene rings is 1. The number of amides is 1. The first-order valence-electron chi connectivity index (χ1n) is 5.75. The van der Waals surface area contributed by atoms with Gasteiger partial charge in [0.1, 0.15) is 5.82 Å². The van der Waals surface area contributed by atoms with Crippen molar-refractivity contribution >= 4 is 5.91 Å². The van der Waals surface area contributed by atoms with E-state index in [9.17, 15) is 9.18 Å². The maximum atomic E-state index is 13.6. The molecule has 1 aromatic carbocycles. The molecule has 0 aromatic heterocycles. The number of carbonyl (C=O) groups is 1. The molecule has 1 aromatic rings. The zero-order valence-corrected chi connectivity index (χ0v) is 10.1. The molecule has 1 unspecified atom stereocenters. The largest absolute Gasteiger partial charge is 0.375 e. The lowest BCUT2D eigenvalue weighted by Crippen LogP contribution is -2.44. The second-order valence-corrected chi connectivity index (χ2v) is 4.42. The molecule has 4 heteroatoms. The lowest BCUT2D eigenvalue weighted by molar-refractivity contribution is -0.0125. The van der Waals surface area contributed by atoms with E-state index in [0.717, 1.165) is 5.56 Å². The van der Waals surface area contributed by atoms with Gasteiger partial charge in [0.15, 0.2) is 0 Å². The van der Waals surface area contributed by atoms with Crippen LogP contribution in [0.4, 0.5) is 4.39 Å². The van der Waals surface area contributed by atoms with Crippen LogP contribution in [-0.4, -0.2) is 36.6 Å². The Labute approximate surface area is 100 Å². The predicted molar refractivity (Wildman–Crippen MR) is 62.5 cm³/mol. The first-order chi connectivity index (χ1) is 8.08. The van der Waals surface area contributed by atoms with Crippen LogP contribution in [-0.2, 0) is 4.74 Å². The molecule has 1 aliphatic rings. The summed E-state index contributed by atoms with van der Waals surface area (Å²) in [6, 6.07) is 4.60. The zero-order chi connectivity index (χ0) is 12.4. The van der Waals surface area contributed by atoms with Gasteiger partial charge in [0.2, 0.25) is 0 Å². The summed E-state index contributed by atoms with van der Waals surface area (Å²) in [5, 5.41) is 0. The Balaban J connectivity index is 2.21. The fraction of sp³-hybridized carbons (Fsp3) is 0.462. The van der Waals surface area contributed by atoms with Gasteiger partial charge in [0.25, 0.3) is 5.91 Å². The van der Waals surface area contributed by atoms with Crippen molar-refractivity contribution in [1.82, 2.24) is 4.90 Å². The Morgan fingerprint density at radius 2 is 2.29 bits per heavy atom. The van der Waals surface area contributed by atoms with Crippen molar-refractivity contribution in [3.05, 3.63) is 35.1 Å². The molecule has 0 saturated carbocycles. The maximum Gasteiger partial charge on any atom is 0.257 e. The highest BCUT2D eigenvalue weighted by Crippen LogP contribution is 2.15. The molecule has 0 aliphatic carbocycles. The summed E-state index contributed by atoms with van der Waals surface area (Å²) in [6.45, 7) is 5.31. The van der Waals surface area contributed by atoms with Crippen LogP contribution >= 0.6 is 0 Å². The fourth-order valence-electron chi connectivity index (χ4n) is 1.98. The Hall–Kier alpha value is -1.42. The van der Waals surface area contributed by atoms with Gasteiger partial charge in [-0.15, -0.1) is 0 Å². The lowest BCUT2D eigenvalue weighted by atomic mass is 10.1. The molecule has 2 rings (SSSR count). The van der Waals surface area contributed by atoms with Crippen LogP contribution in [0.3, 0.4) is 0 Å². The number of halogens is 1. The smallest absolute Gasteiger partial charge is 0.257 e. The van der Waals surface area contributed by atoms with Gasteiger partial charge in [-0.25, -0.2) is 4.39 Å². The minimum absolute atomic E-state index is 0.0144. The van der Waals surface area contributed by atoms with Crippen LogP contribution in [0, 0.1) is 12.7 Å². The van der Waals surface area contributed by atoms with Crippen molar-refractivity contribution in [1.29, 1.82) is 0 Å². The van der Waals surface area contributed by atoms with E-state index in [4.69, 9.17) is 4.74 Å². The molecular weight excluding hydrogens is 221 g/mol. The molecule has 1 saturated heterocycles. The van der Waals surface area contributed by atoms with Crippen LogP contribution in [0.15, 0.2) is 18.2 Å². The number of hydrogen-bond donors (Lipinski definition) is 0. The SMILES string of the molecule is Cc1ccc(F)c(C(=O)N2CCOC(C)C2)c1. The number of carbonyl (C=O) groups excluding carboxylic acids is 1. The van der Waals surface area contributed by atoms with Gasteiger partial charge in [0.05, 0.1) is 18.3 Å². The molecule has 1 atom stereocenters. The van der Waals surface area contributed by atoms with E-state index >= 15 is 0 Å². The summed E-state index contributed by atoms with van der Waals surface area (Å²) in [4.78, 5) is 13.8. The maximum absolute atomic E-state index is 13.6. The van der Waals surface area contributed by atoms with Crippen molar-refractivity contribution in [3.8, 4) is 0 Å². The second kappa shape index (κ2) is 4.84. The van der Waals surface area contributed by atoms with E-state index in [1.165, 1.54) is 6.07 Å². The zero-order valence-electron chi connectivity index (χ0n) is 10.1. The average Bonchev–Trinajstić information content (AvgIpc) is 2.31. The van der Waals surface area contributed by atoms with Gasteiger partial charge in [0, 0.05) is 13.1 Å². The molecule has 1 heterocycles. The molecular formula is C13H16FNO2. The van der Waals surface area contributed by atoms with Crippen molar-refractivity contribution < 1.29 is 13.9 Å². The monoisotopic (exact) mass is 237 g/mol. The van der Waals surface area contributed by atoms with Gasteiger partial charge >= 0.3 is 0 Å². The van der Waals surface area contributed by atoms with Crippen LogP contribution in [0.1, 0.15) is 22.8 Å². The second-order valence-electron chi connectivity index (χ2n) is 4.42. The number of aryl methyl sites for hydroxylation is 1. The topological polar surface area (TPSA) is 29.5 Å². The highest BCUT2D eigenvalue weighted by molar-refractivity contribution is 5.94. The van der Waals surface area contributed by atoms with E-state index in [1.807, 2.05) is 13.8 Å². The third kappa shape index (κ3) is 2.64.